The smallest absolute Gasteiger partial charge is 0.174 e. The Morgan fingerprint density at radius 3 is 2.59 bits per heavy atom. The summed E-state index contributed by atoms with van der Waals surface area (Å²) in [7, 11) is 0. The topological polar surface area (TPSA) is 40.0 Å². The summed E-state index contributed by atoms with van der Waals surface area (Å²) in [6.45, 7) is 4.76. The van der Waals surface area contributed by atoms with Crippen LogP contribution in [0.2, 0.25) is 0 Å². The number of ketones is 1. The molecule has 4 aliphatic carbocycles. The molecule has 2 N–H and O–H groups in total. The number of fused-ring (bicyclic) bond motifs is 5. The second-order valence-electron chi connectivity index (χ2n) is 8.72. The summed E-state index contributed by atoms with van der Waals surface area (Å²) in [6, 6.07) is 0. The third kappa shape index (κ3) is 1.80. The van der Waals surface area contributed by atoms with E-state index in [9.17, 15) is 4.79 Å². The maximum atomic E-state index is 12.0. The number of rotatable bonds is 0. The number of halogens is 1. The molecule has 2 nitrogen and oxygen atoms in total. The van der Waals surface area contributed by atoms with E-state index in [2.05, 4.69) is 13.8 Å². The van der Waals surface area contributed by atoms with Crippen molar-refractivity contribution in [1.29, 1.82) is 0 Å². The first-order chi connectivity index (χ1) is 10.4. The van der Waals surface area contributed by atoms with Crippen molar-refractivity contribution in [2.24, 2.45) is 28.6 Å². The number of carbonyl (C=O) groups is 1. The zero-order valence-electron chi connectivity index (χ0n) is 13.8. The van der Waals surface area contributed by atoms with Gasteiger partial charge in [-0.15, -0.1) is 0 Å². The van der Waals surface area contributed by atoms with Crippen LogP contribution >= 0.6 is 11.6 Å². The normalized spacial score (nSPS) is 51.4. The van der Waals surface area contributed by atoms with Gasteiger partial charge in [-0.3, -0.25) is 4.79 Å². The van der Waals surface area contributed by atoms with Gasteiger partial charge in [-0.2, -0.15) is 0 Å². The molecule has 0 heterocycles. The molecule has 3 saturated carbocycles. The zero-order valence-corrected chi connectivity index (χ0v) is 14.5. The lowest BCUT2D eigenvalue weighted by Crippen LogP contribution is -2.51. The van der Waals surface area contributed by atoms with Crippen molar-refractivity contribution in [3.05, 3.63) is 10.6 Å². The number of Topliss-reactive ketones (excluding diaryl/α,β-unsaturated/α-hetero) is 1. The summed E-state index contributed by atoms with van der Waals surface area (Å²) in [5.74, 6) is 2.32. The van der Waals surface area contributed by atoms with Gasteiger partial charge in [0.15, 0.2) is 11.9 Å². The van der Waals surface area contributed by atoms with Crippen LogP contribution in [0.5, 0.6) is 0 Å². The van der Waals surface area contributed by atoms with Gasteiger partial charge in [0.05, 0.1) is 5.03 Å². The van der Waals surface area contributed by atoms with Crippen LogP contribution in [0.1, 0.15) is 65.2 Å². The zero-order chi connectivity index (χ0) is 15.7. The van der Waals surface area contributed by atoms with Crippen molar-refractivity contribution in [3.63, 3.8) is 0 Å². The van der Waals surface area contributed by atoms with Gasteiger partial charge in [0.2, 0.25) is 0 Å². The van der Waals surface area contributed by atoms with Gasteiger partial charge in [-0.05, 0) is 67.3 Å². The van der Waals surface area contributed by atoms with Crippen LogP contribution in [0.3, 0.4) is 0 Å². The molecule has 6 atom stereocenters. The van der Waals surface area contributed by atoms with Crippen molar-refractivity contribution in [1.82, 2.24) is 0 Å². The molecule has 122 valence electrons. The molecule has 0 bridgehead atoms. The van der Waals surface area contributed by atoms with E-state index in [1.54, 1.807) is 0 Å². The number of allylic oxidation sites excluding steroid dienone is 1. The fourth-order valence-electron chi connectivity index (χ4n) is 6.65. The Labute approximate surface area is 138 Å². The van der Waals surface area contributed by atoms with Crippen molar-refractivity contribution >= 4 is 17.4 Å². The highest BCUT2D eigenvalue weighted by Crippen LogP contribution is 2.65. The number of hydrogen-bond donors (Lipinski definition) is 0. The second kappa shape index (κ2) is 4.83. The standard InChI is InChI=1S/C19H27ClO2/c1-18-10-8-15(21)17(20)14(18)4-3-11-12-5-6-16(22)19(12,2)9-7-13(11)18/h11-13,16,22H,3-10H2,1-2H3/p+1. The van der Waals surface area contributed by atoms with E-state index in [1.165, 1.54) is 31.3 Å². The maximum Gasteiger partial charge on any atom is 0.174 e. The molecule has 0 aromatic carbocycles. The first-order valence-electron chi connectivity index (χ1n) is 9.01. The van der Waals surface area contributed by atoms with Crippen molar-refractivity contribution in [3.8, 4) is 0 Å². The van der Waals surface area contributed by atoms with Crippen LogP contribution in [0.15, 0.2) is 10.6 Å². The fourth-order valence-corrected chi connectivity index (χ4v) is 7.05. The lowest BCUT2D eigenvalue weighted by atomic mass is 9.47. The molecule has 4 aliphatic rings. The fraction of sp³-hybridized carbons (Fsp3) is 0.842. The molecule has 6 unspecified atom stereocenters. The van der Waals surface area contributed by atoms with Gasteiger partial charge in [-0.1, -0.05) is 25.4 Å². The minimum atomic E-state index is 0.139. The van der Waals surface area contributed by atoms with Gasteiger partial charge in [0.1, 0.15) is 0 Å². The Morgan fingerprint density at radius 1 is 1.05 bits per heavy atom. The Balaban J connectivity index is 1.72. The number of hydrogen-bond acceptors (Lipinski definition) is 1. The Morgan fingerprint density at radius 2 is 1.82 bits per heavy atom. The highest BCUT2D eigenvalue weighted by molar-refractivity contribution is 6.43. The molecule has 0 radical (unpaired) electrons. The third-order valence-electron chi connectivity index (χ3n) is 8.05. The predicted molar refractivity (Wildman–Crippen MR) is 88.9 cm³/mol. The van der Waals surface area contributed by atoms with Gasteiger partial charge < -0.3 is 5.11 Å². The maximum absolute atomic E-state index is 12.0. The van der Waals surface area contributed by atoms with E-state index in [0.717, 1.165) is 31.1 Å². The SMILES string of the molecule is CC12CCC(=O)C(Cl)=C1CCC1C2CCC2(C)C([OH2+])CCC12. The van der Waals surface area contributed by atoms with E-state index in [0.29, 0.717) is 17.4 Å². The average Bonchev–Trinajstić information content (AvgIpc) is 2.79. The van der Waals surface area contributed by atoms with Gasteiger partial charge in [0, 0.05) is 18.3 Å². The Bertz CT molecular complexity index is 554. The molecule has 4 rings (SSSR count). The van der Waals surface area contributed by atoms with E-state index < -0.39 is 0 Å². The summed E-state index contributed by atoms with van der Waals surface area (Å²) in [5.41, 5.74) is 1.67. The van der Waals surface area contributed by atoms with Crippen LogP contribution in [-0.2, 0) is 4.79 Å². The average molecular weight is 324 g/mol. The first-order valence-corrected chi connectivity index (χ1v) is 9.39. The minimum Gasteiger partial charge on any atom is -0.443 e. The van der Waals surface area contributed by atoms with E-state index in [4.69, 9.17) is 16.7 Å². The van der Waals surface area contributed by atoms with Crippen molar-refractivity contribution < 1.29 is 9.90 Å². The van der Waals surface area contributed by atoms with Crippen LogP contribution < -0.4 is 0 Å². The summed E-state index contributed by atoms with van der Waals surface area (Å²) in [5, 5.41) is 9.05. The molecule has 0 aliphatic heterocycles. The quantitative estimate of drug-likeness (QED) is 0.616. The van der Waals surface area contributed by atoms with Gasteiger partial charge in [0.25, 0.3) is 0 Å². The summed E-state index contributed by atoms with van der Waals surface area (Å²) in [4.78, 5) is 12.0. The minimum absolute atomic E-state index is 0.139. The first kappa shape index (κ1) is 15.2. The van der Waals surface area contributed by atoms with E-state index >= 15 is 0 Å². The predicted octanol–water partition coefficient (Wildman–Crippen LogP) is 4.18. The molecule has 3 fully saturated rings. The van der Waals surface area contributed by atoms with Crippen LogP contribution in [0.25, 0.3) is 0 Å². The summed E-state index contributed by atoms with van der Waals surface area (Å²) in [6.07, 6.45) is 8.71. The molecular weight excluding hydrogens is 296 g/mol. The Kier molecular flexibility index (Phi) is 3.34. The van der Waals surface area contributed by atoms with Crippen LogP contribution in [0, 0.1) is 28.6 Å². The van der Waals surface area contributed by atoms with Crippen LogP contribution in [0.4, 0.5) is 0 Å². The van der Waals surface area contributed by atoms with Gasteiger partial charge >= 0.3 is 0 Å². The lowest BCUT2D eigenvalue weighted by Gasteiger charge is -2.57. The molecule has 0 spiro atoms. The molecular formula is C19H28ClO2+. The molecule has 0 saturated heterocycles. The van der Waals surface area contributed by atoms with Crippen molar-refractivity contribution in [2.45, 2.75) is 71.3 Å². The molecule has 22 heavy (non-hydrogen) atoms. The molecule has 0 aromatic rings. The molecule has 3 heteroatoms. The van der Waals surface area contributed by atoms with Crippen LogP contribution in [-0.4, -0.2) is 17.0 Å². The monoisotopic (exact) mass is 323 g/mol. The number of carbonyl (C=O) groups excluding carboxylic acids is 1. The highest BCUT2D eigenvalue weighted by Gasteiger charge is 2.60. The van der Waals surface area contributed by atoms with Crippen molar-refractivity contribution in [2.75, 3.05) is 0 Å². The largest absolute Gasteiger partial charge is 0.443 e. The Hall–Kier alpha value is -0.340. The highest BCUT2D eigenvalue weighted by atomic mass is 35.5. The van der Waals surface area contributed by atoms with Gasteiger partial charge in [-0.25, -0.2) is 0 Å². The second-order valence-corrected chi connectivity index (χ2v) is 9.10. The van der Waals surface area contributed by atoms with E-state index in [-0.39, 0.29) is 22.7 Å². The summed E-state index contributed by atoms with van der Waals surface area (Å²) >= 11 is 6.42. The van der Waals surface area contributed by atoms with E-state index in [1.807, 2.05) is 0 Å². The lowest BCUT2D eigenvalue weighted by molar-refractivity contribution is -0.118. The summed E-state index contributed by atoms with van der Waals surface area (Å²) < 4.78 is 0. The molecule has 0 aromatic heterocycles. The molecule has 0 amide bonds. The third-order valence-corrected chi connectivity index (χ3v) is 8.49.